The Morgan fingerprint density at radius 2 is 1.43 bits per heavy atom. The summed E-state index contributed by atoms with van der Waals surface area (Å²) < 4.78 is 61.1. The van der Waals surface area contributed by atoms with Gasteiger partial charge in [-0.15, -0.1) is 0 Å². The van der Waals surface area contributed by atoms with Gasteiger partial charge in [-0.3, -0.25) is 19.3 Å². The number of anilines is 3. The molecule has 0 radical (unpaired) electrons. The van der Waals surface area contributed by atoms with Crippen LogP contribution in [-0.4, -0.2) is 72.2 Å². The molecule has 2 aromatic heterocycles. The van der Waals surface area contributed by atoms with Gasteiger partial charge in [-0.2, -0.15) is 13.3 Å². The molecule has 54 heavy (non-hydrogen) atoms. The van der Waals surface area contributed by atoms with Crippen LogP contribution in [0.15, 0.2) is 30.7 Å². The van der Waals surface area contributed by atoms with Gasteiger partial charge in [0.25, 0.3) is 10.1 Å². The highest BCUT2D eigenvalue weighted by molar-refractivity contribution is 7.85. The number of halogens is 1. The number of imide groups is 1. The molecule has 0 aliphatic heterocycles. The fourth-order valence-electron chi connectivity index (χ4n) is 5.61. The van der Waals surface area contributed by atoms with Gasteiger partial charge in [-0.05, 0) is 104 Å². The van der Waals surface area contributed by atoms with E-state index >= 15 is 4.39 Å². The van der Waals surface area contributed by atoms with Crippen molar-refractivity contribution < 1.29 is 50.4 Å². The lowest BCUT2D eigenvalue weighted by Crippen LogP contribution is -2.44. The fraction of sp³-hybridized carbons (Fsp3) is 0.514. The van der Waals surface area contributed by atoms with Gasteiger partial charge in [0.05, 0.1) is 30.4 Å². The molecule has 294 valence electrons. The van der Waals surface area contributed by atoms with E-state index in [2.05, 4.69) is 20.6 Å². The number of nitrogens with zero attached hydrogens (tertiary/aromatic N) is 3. The van der Waals surface area contributed by atoms with Crippen LogP contribution in [0.2, 0.25) is 0 Å². The lowest BCUT2D eigenvalue weighted by molar-refractivity contribution is -0.118. The molecule has 0 spiro atoms. The minimum absolute atomic E-state index is 0.0483. The maximum Gasteiger partial charge on any atom is 0.424 e. The smallest absolute Gasteiger partial charge is 0.424 e. The standard InChI is InChI=1S/C37H48FN5O10S/c1-19-23(15-39-17-26(19)43(33(46)52-36(6,7)8)34(47)53-37(9,10)11)22-13-21-14-27(41-31(44)28-20(2)25(28)18-50-54(12,48)49)40-16-24(21)30(29(22)38)42-32(45)51-35(3,4)5/h13-17,20,25,28H,18H2,1-12H3,(H,42,45)(H,40,41,44). The van der Waals surface area contributed by atoms with E-state index in [1.165, 1.54) is 30.7 Å². The van der Waals surface area contributed by atoms with Crippen LogP contribution in [0.5, 0.6) is 0 Å². The molecule has 1 aromatic carbocycles. The number of carbonyl (C=O) groups excluding carboxylic acids is 4. The van der Waals surface area contributed by atoms with Crippen molar-refractivity contribution in [2.24, 2.45) is 17.8 Å². The summed E-state index contributed by atoms with van der Waals surface area (Å²) in [5, 5.41) is 5.70. The highest BCUT2D eigenvalue weighted by Gasteiger charge is 2.52. The molecule has 2 heterocycles. The van der Waals surface area contributed by atoms with Crippen molar-refractivity contribution >= 4 is 62.3 Å². The first-order valence-electron chi connectivity index (χ1n) is 17.1. The average molecular weight is 774 g/mol. The van der Waals surface area contributed by atoms with Crippen LogP contribution in [0.3, 0.4) is 0 Å². The van der Waals surface area contributed by atoms with Gasteiger partial charge in [0, 0.05) is 34.8 Å². The SMILES string of the molecule is Cc1c(-c2cc3cc(NC(=O)C4C(C)C4COS(C)(=O)=O)ncc3c(NC(=O)OC(C)(C)C)c2F)cncc1N(C(=O)OC(C)(C)C)C(=O)OC(C)(C)C. The van der Waals surface area contributed by atoms with Crippen molar-refractivity contribution in [3.8, 4) is 11.1 Å². The molecule has 0 saturated heterocycles. The average Bonchev–Trinajstić information content (AvgIpc) is 3.64. The lowest BCUT2D eigenvalue weighted by Gasteiger charge is -2.29. The summed E-state index contributed by atoms with van der Waals surface area (Å²) >= 11 is 0. The number of carbonyl (C=O) groups is 4. The molecular weight excluding hydrogens is 725 g/mol. The van der Waals surface area contributed by atoms with Crippen LogP contribution in [0, 0.1) is 30.5 Å². The van der Waals surface area contributed by atoms with Gasteiger partial charge in [0.2, 0.25) is 5.91 Å². The number of rotatable bonds is 8. The van der Waals surface area contributed by atoms with E-state index in [4.69, 9.17) is 18.4 Å². The van der Waals surface area contributed by atoms with Gasteiger partial charge < -0.3 is 19.5 Å². The molecule has 3 unspecified atom stereocenters. The molecule has 1 aliphatic carbocycles. The molecule has 1 fully saturated rings. The second-order valence-corrected chi connectivity index (χ2v) is 17.8. The van der Waals surface area contributed by atoms with E-state index < -0.39 is 62.8 Å². The summed E-state index contributed by atoms with van der Waals surface area (Å²) in [6.45, 7) is 17.9. The highest BCUT2D eigenvalue weighted by atomic mass is 32.2. The summed E-state index contributed by atoms with van der Waals surface area (Å²) in [7, 11) is -3.69. The number of ether oxygens (including phenoxy) is 3. The Kier molecular flexibility index (Phi) is 11.7. The quantitative estimate of drug-likeness (QED) is 0.169. The molecule has 0 bridgehead atoms. The van der Waals surface area contributed by atoms with Crippen molar-refractivity contribution in [3.05, 3.63) is 42.1 Å². The first-order chi connectivity index (χ1) is 24.7. The Bertz CT molecular complexity index is 2060. The van der Waals surface area contributed by atoms with Gasteiger partial charge >= 0.3 is 18.3 Å². The number of fused-ring (bicyclic) bond motifs is 1. The molecule has 15 nitrogen and oxygen atoms in total. The molecular formula is C37H48FN5O10S. The fourth-order valence-corrected chi connectivity index (χ4v) is 6.01. The van der Waals surface area contributed by atoms with Crippen molar-refractivity contribution in [1.29, 1.82) is 0 Å². The summed E-state index contributed by atoms with van der Waals surface area (Å²) in [4.78, 5) is 62.4. The second-order valence-electron chi connectivity index (χ2n) is 16.2. The van der Waals surface area contributed by atoms with E-state index in [1.54, 1.807) is 76.2 Å². The van der Waals surface area contributed by atoms with Gasteiger partial charge in [0.1, 0.15) is 22.6 Å². The Labute approximate surface area is 314 Å². The molecule has 3 atom stereocenters. The van der Waals surface area contributed by atoms with Crippen LogP contribution in [0.1, 0.15) is 74.8 Å². The zero-order chi connectivity index (χ0) is 40.7. The monoisotopic (exact) mass is 773 g/mol. The summed E-state index contributed by atoms with van der Waals surface area (Å²) in [5.74, 6) is -2.24. The van der Waals surface area contributed by atoms with Gasteiger partial charge in [-0.1, -0.05) is 6.92 Å². The number of benzene rings is 1. The van der Waals surface area contributed by atoms with Crippen molar-refractivity contribution in [2.75, 3.05) is 28.4 Å². The molecule has 4 amide bonds. The number of hydrogen-bond donors (Lipinski definition) is 2. The minimum Gasteiger partial charge on any atom is -0.444 e. The molecule has 3 aromatic rings. The molecule has 17 heteroatoms. The van der Waals surface area contributed by atoms with Gasteiger partial charge in [-0.25, -0.2) is 23.8 Å². The summed E-state index contributed by atoms with van der Waals surface area (Å²) in [6.07, 6.45) is 1.74. The second kappa shape index (κ2) is 15.1. The number of hydrogen-bond acceptors (Lipinski definition) is 12. The highest BCUT2D eigenvalue weighted by Crippen LogP contribution is 2.47. The number of pyridine rings is 2. The van der Waals surface area contributed by atoms with E-state index in [0.29, 0.717) is 10.3 Å². The van der Waals surface area contributed by atoms with E-state index in [9.17, 15) is 27.6 Å². The zero-order valence-electron chi connectivity index (χ0n) is 32.5. The van der Waals surface area contributed by atoms with Crippen molar-refractivity contribution in [3.63, 3.8) is 0 Å². The number of nitrogens with one attached hydrogen (secondary N) is 2. The van der Waals surface area contributed by atoms with E-state index in [-0.39, 0.29) is 57.7 Å². The van der Waals surface area contributed by atoms with E-state index in [1.807, 2.05) is 0 Å². The molecule has 1 saturated carbocycles. The molecule has 4 rings (SSSR count). The third kappa shape index (κ3) is 10.6. The van der Waals surface area contributed by atoms with Crippen LogP contribution in [0.25, 0.3) is 21.9 Å². The maximum atomic E-state index is 16.8. The van der Waals surface area contributed by atoms with Gasteiger partial charge in [0.15, 0.2) is 5.82 Å². The van der Waals surface area contributed by atoms with Crippen molar-refractivity contribution in [2.45, 2.75) is 93.0 Å². The minimum atomic E-state index is -3.69. The van der Waals surface area contributed by atoms with Crippen LogP contribution >= 0.6 is 0 Å². The van der Waals surface area contributed by atoms with Crippen LogP contribution < -0.4 is 15.5 Å². The third-order valence-corrected chi connectivity index (χ3v) is 8.61. The first kappa shape index (κ1) is 41.9. The van der Waals surface area contributed by atoms with Crippen molar-refractivity contribution in [1.82, 2.24) is 9.97 Å². The molecule has 2 N–H and O–H groups in total. The Morgan fingerprint density at radius 3 is 1.96 bits per heavy atom. The Balaban J connectivity index is 1.84. The third-order valence-electron chi connectivity index (χ3n) is 8.05. The number of aromatic nitrogens is 2. The predicted octanol–water partition coefficient (Wildman–Crippen LogP) is 7.56. The van der Waals surface area contributed by atoms with Crippen LogP contribution in [-0.2, 0) is 33.3 Å². The summed E-state index contributed by atoms with van der Waals surface area (Å²) in [5.41, 5.74) is -2.97. The zero-order valence-corrected chi connectivity index (χ0v) is 33.4. The Morgan fingerprint density at radius 1 is 0.852 bits per heavy atom. The number of amides is 4. The van der Waals surface area contributed by atoms with Crippen LogP contribution in [0.4, 0.5) is 36.0 Å². The largest absolute Gasteiger partial charge is 0.444 e. The normalized spacial score (nSPS) is 17.4. The predicted molar refractivity (Wildman–Crippen MR) is 200 cm³/mol. The lowest BCUT2D eigenvalue weighted by atomic mass is 9.97. The maximum absolute atomic E-state index is 16.8. The Hall–Kier alpha value is -4.90. The first-order valence-corrected chi connectivity index (χ1v) is 19.0. The molecule has 1 aliphatic rings. The topological polar surface area (TPSA) is 192 Å². The summed E-state index contributed by atoms with van der Waals surface area (Å²) in [6, 6.07) is 2.93. The van der Waals surface area contributed by atoms with E-state index in [0.717, 1.165) is 6.26 Å².